The topological polar surface area (TPSA) is 44.4 Å². The van der Waals surface area contributed by atoms with Crippen molar-refractivity contribution < 1.29 is 4.79 Å². The molecule has 0 radical (unpaired) electrons. The summed E-state index contributed by atoms with van der Waals surface area (Å²) in [4.78, 5) is 14.0. The molecule has 19 heavy (non-hydrogen) atoms. The van der Waals surface area contributed by atoms with Gasteiger partial charge in [-0.3, -0.25) is 4.79 Å². The maximum absolute atomic E-state index is 11.8. The van der Waals surface area contributed by atoms with Crippen molar-refractivity contribution in [3.63, 3.8) is 0 Å². The molecule has 0 atom stereocenters. The highest BCUT2D eigenvalue weighted by Gasteiger charge is 2.25. The third-order valence-electron chi connectivity index (χ3n) is 3.85. The van der Waals surface area contributed by atoms with Crippen LogP contribution in [0, 0.1) is 5.92 Å². The summed E-state index contributed by atoms with van der Waals surface area (Å²) in [6, 6.07) is 6.09. The van der Waals surface area contributed by atoms with Crippen molar-refractivity contribution in [2.45, 2.75) is 12.8 Å². The average molecular weight is 324 g/mol. The average Bonchev–Trinajstić information content (AvgIpc) is 2.39. The number of anilines is 2. The molecule has 0 bridgehead atoms. The molecule has 2 heterocycles. The Morgan fingerprint density at radius 3 is 2.89 bits per heavy atom. The Morgan fingerprint density at radius 2 is 2.11 bits per heavy atom. The number of nitrogens with zero attached hydrogens (tertiary/aromatic N) is 1. The van der Waals surface area contributed by atoms with E-state index in [0.717, 1.165) is 35.5 Å². The predicted octanol–water partition coefficient (Wildman–Crippen LogP) is 2.21. The number of carbonyl (C=O) groups excluding carboxylic acids is 1. The van der Waals surface area contributed by atoms with E-state index in [2.05, 4.69) is 37.5 Å². The molecule has 1 saturated heterocycles. The first kappa shape index (κ1) is 12.9. The zero-order chi connectivity index (χ0) is 13.2. The number of hydrogen-bond acceptors (Lipinski definition) is 3. The summed E-state index contributed by atoms with van der Waals surface area (Å²) in [7, 11) is 0. The molecule has 3 rings (SSSR count). The molecule has 4 nitrogen and oxygen atoms in total. The van der Waals surface area contributed by atoms with Gasteiger partial charge in [-0.1, -0.05) is 15.9 Å². The second kappa shape index (κ2) is 5.51. The first-order valence-corrected chi connectivity index (χ1v) is 7.57. The maximum atomic E-state index is 11.8. The largest absolute Gasteiger partial charge is 0.360 e. The van der Waals surface area contributed by atoms with Gasteiger partial charge in [0.05, 0.1) is 17.9 Å². The molecule has 5 heteroatoms. The van der Waals surface area contributed by atoms with E-state index < -0.39 is 0 Å². The fourth-order valence-corrected chi connectivity index (χ4v) is 3.23. The highest BCUT2D eigenvalue weighted by Crippen LogP contribution is 2.33. The van der Waals surface area contributed by atoms with Gasteiger partial charge in [-0.05, 0) is 50.0 Å². The Morgan fingerprint density at radius 1 is 1.32 bits per heavy atom. The SMILES string of the molecule is O=C1CN(CC2CCNCC2)c2ccc(Br)cc2N1. The van der Waals surface area contributed by atoms with E-state index in [1.807, 2.05) is 12.1 Å². The molecule has 1 aromatic rings. The first-order valence-electron chi connectivity index (χ1n) is 6.77. The summed E-state index contributed by atoms with van der Waals surface area (Å²) in [6.45, 7) is 3.64. The summed E-state index contributed by atoms with van der Waals surface area (Å²) < 4.78 is 0.996. The van der Waals surface area contributed by atoms with E-state index in [1.54, 1.807) is 0 Å². The Hall–Kier alpha value is -1.07. The zero-order valence-corrected chi connectivity index (χ0v) is 12.4. The Labute approximate surface area is 121 Å². The zero-order valence-electron chi connectivity index (χ0n) is 10.8. The lowest BCUT2D eigenvalue weighted by atomic mass is 9.97. The van der Waals surface area contributed by atoms with Gasteiger partial charge in [0.2, 0.25) is 5.91 Å². The molecule has 1 amide bonds. The van der Waals surface area contributed by atoms with Gasteiger partial charge in [0.25, 0.3) is 0 Å². The van der Waals surface area contributed by atoms with Crippen LogP contribution in [0.1, 0.15) is 12.8 Å². The number of rotatable bonds is 2. The standard InChI is InChI=1S/C14H18BrN3O/c15-11-1-2-13-12(7-11)17-14(19)9-18(13)8-10-3-5-16-6-4-10/h1-2,7,10,16H,3-6,8-9H2,(H,17,19). The summed E-state index contributed by atoms with van der Waals surface area (Å²) in [5.74, 6) is 0.767. The van der Waals surface area contributed by atoms with Crippen molar-refractivity contribution in [2.75, 3.05) is 36.4 Å². The van der Waals surface area contributed by atoms with E-state index in [4.69, 9.17) is 0 Å². The minimum atomic E-state index is 0.0829. The monoisotopic (exact) mass is 323 g/mol. The quantitative estimate of drug-likeness (QED) is 0.877. The van der Waals surface area contributed by atoms with Gasteiger partial charge in [0.1, 0.15) is 0 Å². The Kier molecular flexibility index (Phi) is 3.75. The summed E-state index contributed by atoms with van der Waals surface area (Å²) >= 11 is 3.45. The van der Waals surface area contributed by atoms with Gasteiger partial charge < -0.3 is 15.5 Å². The lowest BCUT2D eigenvalue weighted by Gasteiger charge is -2.35. The number of halogens is 1. The Balaban J connectivity index is 1.80. The van der Waals surface area contributed by atoms with Crippen molar-refractivity contribution in [3.05, 3.63) is 22.7 Å². The molecule has 0 saturated carbocycles. The van der Waals surface area contributed by atoms with Crippen molar-refractivity contribution in [3.8, 4) is 0 Å². The second-order valence-corrected chi connectivity index (χ2v) is 6.20. The Bertz CT molecular complexity index is 486. The van der Waals surface area contributed by atoms with Gasteiger partial charge in [-0.25, -0.2) is 0 Å². The van der Waals surface area contributed by atoms with Crippen LogP contribution >= 0.6 is 15.9 Å². The third-order valence-corrected chi connectivity index (χ3v) is 4.34. The minimum absolute atomic E-state index is 0.0829. The first-order chi connectivity index (χ1) is 9.22. The van der Waals surface area contributed by atoms with Gasteiger partial charge in [-0.2, -0.15) is 0 Å². The number of amides is 1. The van der Waals surface area contributed by atoms with Crippen molar-refractivity contribution in [1.29, 1.82) is 0 Å². The van der Waals surface area contributed by atoms with Crippen LogP contribution < -0.4 is 15.5 Å². The van der Waals surface area contributed by atoms with Crippen LogP contribution in [-0.2, 0) is 4.79 Å². The van der Waals surface area contributed by atoms with Gasteiger partial charge in [0.15, 0.2) is 0 Å². The fraction of sp³-hybridized carbons (Fsp3) is 0.500. The number of piperidine rings is 1. The lowest BCUT2D eigenvalue weighted by Crippen LogP contribution is -2.42. The van der Waals surface area contributed by atoms with E-state index in [-0.39, 0.29) is 5.91 Å². The van der Waals surface area contributed by atoms with E-state index in [0.29, 0.717) is 12.5 Å². The van der Waals surface area contributed by atoms with Gasteiger partial charge in [0, 0.05) is 11.0 Å². The molecule has 0 aliphatic carbocycles. The van der Waals surface area contributed by atoms with Crippen molar-refractivity contribution >= 4 is 33.2 Å². The van der Waals surface area contributed by atoms with Gasteiger partial charge in [-0.15, -0.1) is 0 Å². The van der Waals surface area contributed by atoms with Crippen LogP contribution in [0.15, 0.2) is 22.7 Å². The predicted molar refractivity (Wildman–Crippen MR) is 80.6 cm³/mol. The van der Waals surface area contributed by atoms with Crippen LogP contribution in [-0.4, -0.2) is 32.1 Å². The van der Waals surface area contributed by atoms with Crippen molar-refractivity contribution in [2.24, 2.45) is 5.92 Å². The molecule has 2 N–H and O–H groups in total. The fourth-order valence-electron chi connectivity index (χ4n) is 2.87. The number of benzene rings is 1. The third kappa shape index (κ3) is 2.92. The molecule has 1 fully saturated rings. The normalized spacial score (nSPS) is 20.1. The van der Waals surface area contributed by atoms with Gasteiger partial charge >= 0.3 is 0 Å². The highest BCUT2D eigenvalue weighted by molar-refractivity contribution is 9.10. The van der Waals surface area contributed by atoms with Crippen LogP contribution in [0.25, 0.3) is 0 Å². The molecule has 2 aliphatic rings. The minimum Gasteiger partial charge on any atom is -0.360 e. The summed E-state index contributed by atoms with van der Waals surface area (Å²) in [6.07, 6.45) is 2.40. The molecule has 0 spiro atoms. The molecule has 0 aromatic heterocycles. The molecular formula is C14H18BrN3O. The van der Waals surface area contributed by atoms with Crippen LogP contribution in [0.3, 0.4) is 0 Å². The number of carbonyl (C=O) groups is 1. The molecule has 102 valence electrons. The number of hydrogen-bond donors (Lipinski definition) is 2. The van der Waals surface area contributed by atoms with Crippen LogP contribution in [0.5, 0.6) is 0 Å². The lowest BCUT2D eigenvalue weighted by molar-refractivity contribution is -0.115. The van der Waals surface area contributed by atoms with E-state index in [1.165, 1.54) is 12.8 Å². The highest BCUT2D eigenvalue weighted by atomic mass is 79.9. The summed E-state index contributed by atoms with van der Waals surface area (Å²) in [5.41, 5.74) is 2.06. The van der Waals surface area contributed by atoms with Crippen LogP contribution in [0.4, 0.5) is 11.4 Å². The number of nitrogens with one attached hydrogen (secondary N) is 2. The molecule has 0 unspecified atom stereocenters. The number of fused-ring (bicyclic) bond motifs is 1. The smallest absolute Gasteiger partial charge is 0.243 e. The summed E-state index contributed by atoms with van der Waals surface area (Å²) in [5, 5.41) is 6.33. The second-order valence-electron chi connectivity index (χ2n) is 5.28. The van der Waals surface area contributed by atoms with E-state index in [9.17, 15) is 4.79 Å². The van der Waals surface area contributed by atoms with Crippen molar-refractivity contribution in [1.82, 2.24) is 5.32 Å². The maximum Gasteiger partial charge on any atom is 0.243 e. The molecular weight excluding hydrogens is 306 g/mol. The molecule has 1 aromatic carbocycles. The van der Waals surface area contributed by atoms with Crippen LogP contribution in [0.2, 0.25) is 0 Å². The molecule has 2 aliphatic heterocycles. The van der Waals surface area contributed by atoms with E-state index >= 15 is 0 Å².